The number of hydrogen-bond donors (Lipinski definition) is 3. The third-order valence-corrected chi connectivity index (χ3v) is 5.91. The molecule has 1 heterocycles. The van der Waals surface area contributed by atoms with E-state index in [0.29, 0.717) is 48.4 Å². The minimum Gasteiger partial charge on any atom is -0.507 e. The van der Waals surface area contributed by atoms with Gasteiger partial charge in [-0.25, -0.2) is 4.79 Å². The Kier molecular flexibility index (Phi) is 7.15. The van der Waals surface area contributed by atoms with Crippen molar-refractivity contribution >= 4 is 12.0 Å². The van der Waals surface area contributed by atoms with E-state index in [1.54, 1.807) is 51.3 Å². The molecule has 0 aliphatic carbocycles. The molecule has 8 nitrogen and oxygen atoms in total. The van der Waals surface area contributed by atoms with Crippen molar-refractivity contribution in [1.82, 2.24) is 9.80 Å². The molecular formula is C23H36N2O6. The van der Waals surface area contributed by atoms with Crippen LogP contribution in [0.25, 0.3) is 0 Å². The zero-order valence-corrected chi connectivity index (χ0v) is 19.7. The normalized spacial score (nSPS) is 16.8. The maximum Gasteiger partial charge on any atom is 0.410 e. The van der Waals surface area contributed by atoms with Crippen LogP contribution in [0.15, 0.2) is 0 Å². The topological polar surface area (TPSA) is 111 Å². The second kappa shape index (κ2) is 8.94. The van der Waals surface area contributed by atoms with Crippen molar-refractivity contribution < 1.29 is 29.6 Å². The third kappa shape index (κ3) is 5.61. The van der Waals surface area contributed by atoms with Gasteiger partial charge in [-0.1, -0.05) is 0 Å². The highest BCUT2D eigenvalue weighted by Crippen LogP contribution is 2.37. The highest BCUT2D eigenvalue weighted by Gasteiger charge is 2.37. The predicted molar refractivity (Wildman–Crippen MR) is 117 cm³/mol. The van der Waals surface area contributed by atoms with E-state index in [0.717, 1.165) is 0 Å². The molecule has 0 spiro atoms. The van der Waals surface area contributed by atoms with Gasteiger partial charge in [0.25, 0.3) is 5.91 Å². The number of ether oxygens (including phenoxy) is 1. The molecule has 1 aromatic rings. The average molecular weight is 437 g/mol. The van der Waals surface area contributed by atoms with Gasteiger partial charge in [0.15, 0.2) is 0 Å². The Balaban J connectivity index is 2.01. The molecule has 1 fully saturated rings. The summed E-state index contributed by atoms with van der Waals surface area (Å²) in [4.78, 5) is 28.2. The number of rotatable bonds is 4. The van der Waals surface area contributed by atoms with Crippen molar-refractivity contribution in [2.24, 2.45) is 0 Å². The smallest absolute Gasteiger partial charge is 0.410 e. The molecule has 1 aromatic carbocycles. The molecule has 2 rings (SSSR count). The van der Waals surface area contributed by atoms with Crippen molar-refractivity contribution in [1.29, 1.82) is 0 Å². The van der Waals surface area contributed by atoms with E-state index in [2.05, 4.69) is 0 Å². The van der Waals surface area contributed by atoms with Crippen LogP contribution in [0, 0.1) is 20.8 Å². The molecular weight excluding hydrogens is 400 g/mol. The second-order valence-electron chi connectivity index (χ2n) is 9.58. The number of aliphatic hydroxyl groups is 1. The Morgan fingerprint density at radius 3 is 1.87 bits per heavy atom. The van der Waals surface area contributed by atoms with Gasteiger partial charge in [-0.3, -0.25) is 4.79 Å². The monoisotopic (exact) mass is 436 g/mol. The summed E-state index contributed by atoms with van der Waals surface area (Å²) in [7, 11) is 0. The number of piperazine rings is 1. The SMILES string of the molecule is Cc1c(C)c(O)c(CCC(C)(O)C(=O)N2CCN(C(=O)OC(C)(C)C)CC2)c(C)c1O. The van der Waals surface area contributed by atoms with E-state index in [-0.39, 0.29) is 24.3 Å². The molecule has 31 heavy (non-hydrogen) atoms. The molecule has 1 unspecified atom stereocenters. The van der Waals surface area contributed by atoms with Crippen molar-refractivity contribution in [3.05, 3.63) is 22.3 Å². The largest absolute Gasteiger partial charge is 0.507 e. The summed E-state index contributed by atoms with van der Waals surface area (Å²) in [6, 6.07) is 0. The lowest BCUT2D eigenvalue weighted by Gasteiger charge is -2.38. The Morgan fingerprint density at radius 2 is 1.35 bits per heavy atom. The summed E-state index contributed by atoms with van der Waals surface area (Å²) in [5, 5.41) is 31.6. The standard InChI is InChI=1S/C23H36N2O6/c1-14-15(2)19(27)17(16(3)18(14)26)8-9-23(7,30)20(28)24-10-12-25(13-11-24)21(29)31-22(4,5)6/h26-27,30H,8-13H2,1-7H3. The minimum absolute atomic E-state index is 0.0852. The predicted octanol–water partition coefficient (Wildman–Crippen LogP) is 2.79. The second-order valence-corrected chi connectivity index (χ2v) is 9.58. The molecule has 8 heteroatoms. The molecule has 174 valence electrons. The van der Waals surface area contributed by atoms with Gasteiger partial charge in [0, 0.05) is 31.7 Å². The van der Waals surface area contributed by atoms with Crippen LogP contribution in [0.5, 0.6) is 11.5 Å². The van der Waals surface area contributed by atoms with Gasteiger partial charge < -0.3 is 29.9 Å². The number of carbonyl (C=O) groups is 2. The lowest BCUT2D eigenvalue weighted by Crippen LogP contribution is -2.56. The lowest BCUT2D eigenvalue weighted by atomic mass is 9.90. The third-order valence-electron chi connectivity index (χ3n) is 5.91. The molecule has 1 atom stereocenters. The van der Waals surface area contributed by atoms with Crippen LogP contribution in [0.3, 0.4) is 0 Å². The van der Waals surface area contributed by atoms with Gasteiger partial charge in [0.05, 0.1) is 0 Å². The first-order valence-corrected chi connectivity index (χ1v) is 10.7. The van der Waals surface area contributed by atoms with Crippen LogP contribution in [-0.4, -0.2) is 74.5 Å². The Labute approximate surface area is 184 Å². The van der Waals surface area contributed by atoms with Gasteiger partial charge in [-0.2, -0.15) is 0 Å². The van der Waals surface area contributed by atoms with E-state index in [9.17, 15) is 24.9 Å². The Bertz CT molecular complexity index is 820. The summed E-state index contributed by atoms with van der Waals surface area (Å²) in [5.74, 6) is -0.210. The number of phenols is 2. The minimum atomic E-state index is -1.64. The van der Waals surface area contributed by atoms with Crippen molar-refractivity contribution in [3.63, 3.8) is 0 Å². The zero-order chi connectivity index (χ0) is 23.7. The van der Waals surface area contributed by atoms with Crippen LogP contribution < -0.4 is 0 Å². The van der Waals surface area contributed by atoms with Crippen molar-refractivity contribution in [2.45, 2.75) is 72.5 Å². The van der Waals surface area contributed by atoms with Crippen LogP contribution in [-0.2, 0) is 16.0 Å². The van der Waals surface area contributed by atoms with E-state index < -0.39 is 23.2 Å². The number of carbonyl (C=O) groups excluding carboxylic acids is 2. The molecule has 0 bridgehead atoms. The summed E-state index contributed by atoms with van der Waals surface area (Å²) in [6.07, 6.45) is -0.0795. The first-order chi connectivity index (χ1) is 14.2. The van der Waals surface area contributed by atoms with Crippen LogP contribution in [0.4, 0.5) is 4.79 Å². The van der Waals surface area contributed by atoms with Crippen LogP contribution >= 0.6 is 0 Å². The first kappa shape index (κ1) is 24.8. The number of amides is 2. The molecule has 0 radical (unpaired) electrons. The van der Waals surface area contributed by atoms with E-state index >= 15 is 0 Å². The molecule has 1 aliphatic heterocycles. The fourth-order valence-electron chi connectivity index (χ4n) is 3.72. The Morgan fingerprint density at radius 1 is 0.871 bits per heavy atom. The van der Waals surface area contributed by atoms with Gasteiger partial charge in [0.1, 0.15) is 22.7 Å². The van der Waals surface area contributed by atoms with Crippen LogP contribution in [0.1, 0.15) is 56.4 Å². The number of benzene rings is 1. The number of aromatic hydroxyl groups is 2. The zero-order valence-electron chi connectivity index (χ0n) is 19.7. The molecule has 0 aromatic heterocycles. The van der Waals surface area contributed by atoms with Gasteiger partial charge in [-0.15, -0.1) is 0 Å². The highest BCUT2D eigenvalue weighted by molar-refractivity contribution is 5.85. The van der Waals surface area contributed by atoms with Gasteiger partial charge >= 0.3 is 6.09 Å². The number of phenolic OH excluding ortho intramolecular Hbond substituents is 2. The summed E-state index contributed by atoms with van der Waals surface area (Å²) < 4.78 is 5.37. The molecule has 3 N–H and O–H groups in total. The maximum absolute atomic E-state index is 12.9. The lowest BCUT2D eigenvalue weighted by molar-refractivity contribution is -0.152. The first-order valence-electron chi connectivity index (χ1n) is 10.7. The molecule has 2 amide bonds. The molecule has 1 saturated heterocycles. The van der Waals surface area contributed by atoms with Crippen molar-refractivity contribution in [2.75, 3.05) is 26.2 Å². The van der Waals surface area contributed by atoms with Crippen molar-refractivity contribution in [3.8, 4) is 11.5 Å². The highest BCUT2D eigenvalue weighted by atomic mass is 16.6. The molecule has 1 aliphatic rings. The van der Waals surface area contributed by atoms with E-state index in [1.165, 1.54) is 6.92 Å². The van der Waals surface area contributed by atoms with E-state index in [1.807, 2.05) is 0 Å². The Hall–Kier alpha value is -2.48. The summed E-state index contributed by atoms with van der Waals surface area (Å²) >= 11 is 0. The quantitative estimate of drug-likeness (QED) is 0.626. The maximum atomic E-state index is 12.9. The molecule has 0 saturated carbocycles. The van der Waals surface area contributed by atoms with Gasteiger partial charge in [0.2, 0.25) is 0 Å². The van der Waals surface area contributed by atoms with Gasteiger partial charge in [-0.05, 0) is 78.0 Å². The number of hydrogen-bond acceptors (Lipinski definition) is 6. The average Bonchev–Trinajstić information content (AvgIpc) is 2.69. The number of nitrogens with zero attached hydrogens (tertiary/aromatic N) is 2. The van der Waals surface area contributed by atoms with E-state index in [4.69, 9.17) is 4.74 Å². The fourth-order valence-corrected chi connectivity index (χ4v) is 3.72. The summed E-state index contributed by atoms with van der Waals surface area (Å²) in [5.41, 5.74) is 0.0617. The van der Waals surface area contributed by atoms with Crippen LogP contribution in [0.2, 0.25) is 0 Å². The summed E-state index contributed by atoms with van der Waals surface area (Å²) in [6.45, 7) is 13.3. The fraction of sp³-hybridized carbons (Fsp3) is 0.652.